The van der Waals surface area contributed by atoms with Crippen LogP contribution in [0.25, 0.3) is 10.9 Å². The maximum Gasteiger partial charge on any atom is 0.229 e. The second-order valence-electron chi connectivity index (χ2n) is 5.69. The number of aryl methyl sites for hydroxylation is 2. The quantitative estimate of drug-likeness (QED) is 0.694. The van der Waals surface area contributed by atoms with Crippen LogP contribution in [0.5, 0.6) is 5.75 Å². The summed E-state index contributed by atoms with van der Waals surface area (Å²) in [6, 6.07) is 11.2. The minimum Gasteiger partial charge on any atom is -0.508 e. The molecule has 0 aliphatic rings. The molecule has 0 spiro atoms. The van der Waals surface area contributed by atoms with Crippen molar-refractivity contribution in [2.24, 2.45) is 5.73 Å². The second-order valence-corrected chi connectivity index (χ2v) is 5.69. The Morgan fingerprint density at radius 2 is 1.77 bits per heavy atom. The van der Waals surface area contributed by atoms with E-state index in [0.717, 1.165) is 27.6 Å². The molecule has 0 saturated carbocycles. The average Bonchev–Trinajstić information content (AvgIpc) is 2.84. The summed E-state index contributed by atoms with van der Waals surface area (Å²) in [6.07, 6.45) is 1.79. The zero-order valence-corrected chi connectivity index (χ0v) is 12.6. The molecule has 22 heavy (non-hydrogen) atoms. The number of amides is 1. The van der Waals surface area contributed by atoms with Crippen molar-refractivity contribution in [3.05, 3.63) is 64.8 Å². The van der Waals surface area contributed by atoms with E-state index in [1.165, 1.54) is 0 Å². The predicted molar refractivity (Wildman–Crippen MR) is 86.9 cm³/mol. The Morgan fingerprint density at radius 1 is 1.09 bits per heavy atom. The Labute approximate surface area is 128 Å². The molecule has 0 aliphatic heterocycles. The number of aromatic hydroxyl groups is 1. The van der Waals surface area contributed by atoms with Crippen LogP contribution in [0, 0.1) is 13.8 Å². The smallest absolute Gasteiger partial charge is 0.229 e. The number of aromatic nitrogens is 1. The van der Waals surface area contributed by atoms with Gasteiger partial charge in [0.15, 0.2) is 0 Å². The number of benzene rings is 2. The van der Waals surface area contributed by atoms with E-state index in [-0.39, 0.29) is 5.75 Å². The lowest BCUT2D eigenvalue weighted by Gasteiger charge is -2.15. The van der Waals surface area contributed by atoms with Crippen LogP contribution in [0.1, 0.15) is 28.2 Å². The van der Waals surface area contributed by atoms with Gasteiger partial charge in [-0.25, -0.2) is 0 Å². The molecule has 1 atom stereocenters. The van der Waals surface area contributed by atoms with Gasteiger partial charge in [-0.2, -0.15) is 0 Å². The Hall–Kier alpha value is -2.75. The molecule has 0 aliphatic carbocycles. The number of phenolic OH excluding ortho intramolecular Hbond substituents is 1. The first-order chi connectivity index (χ1) is 10.5. The molecule has 3 rings (SSSR count). The summed E-state index contributed by atoms with van der Waals surface area (Å²) in [7, 11) is 0. The molecule has 0 radical (unpaired) electrons. The topological polar surface area (TPSA) is 79.1 Å². The molecule has 0 bridgehead atoms. The first-order valence-corrected chi connectivity index (χ1v) is 7.14. The number of hydrogen-bond acceptors (Lipinski definition) is 2. The van der Waals surface area contributed by atoms with Crippen LogP contribution in [-0.2, 0) is 4.79 Å². The maximum atomic E-state index is 12.0. The number of hydrogen-bond donors (Lipinski definition) is 3. The molecule has 4 heteroatoms. The van der Waals surface area contributed by atoms with E-state index in [4.69, 9.17) is 5.73 Å². The number of aromatic amines is 1. The van der Waals surface area contributed by atoms with Crippen LogP contribution in [0.2, 0.25) is 0 Å². The van der Waals surface area contributed by atoms with Crippen molar-refractivity contribution in [2.45, 2.75) is 19.8 Å². The molecule has 1 amide bonds. The Morgan fingerprint density at radius 3 is 2.45 bits per heavy atom. The van der Waals surface area contributed by atoms with Crippen LogP contribution in [0.4, 0.5) is 0 Å². The Kier molecular flexibility index (Phi) is 3.37. The highest BCUT2D eigenvalue weighted by Crippen LogP contribution is 2.35. The van der Waals surface area contributed by atoms with E-state index < -0.39 is 11.8 Å². The second kappa shape index (κ2) is 5.22. The number of H-pyrrole nitrogens is 1. The number of fused-ring (bicyclic) bond motifs is 1. The van der Waals surface area contributed by atoms with Crippen LogP contribution >= 0.6 is 0 Å². The van der Waals surface area contributed by atoms with Gasteiger partial charge in [0.25, 0.3) is 0 Å². The summed E-state index contributed by atoms with van der Waals surface area (Å²) >= 11 is 0. The van der Waals surface area contributed by atoms with Crippen molar-refractivity contribution >= 4 is 16.8 Å². The van der Waals surface area contributed by atoms with Gasteiger partial charge in [0.05, 0.1) is 5.92 Å². The molecular weight excluding hydrogens is 276 g/mol. The van der Waals surface area contributed by atoms with Crippen LogP contribution in [0.3, 0.4) is 0 Å². The van der Waals surface area contributed by atoms with Gasteiger partial charge in [-0.1, -0.05) is 24.3 Å². The number of phenols is 1. The third kappa shape index (κ3) is 2.33. The molecule has 1 aromatic heterocycles. The number of primary amides is 1. The lowest BCUT2D eigenvalue weighted by Crippen LogP contribution is -2.22. The Balaban J connectivity index is 2.20. The molecule has 0 saturated heterocycles. The van der Waals surface area contributed by atoms with Gasteiger partial charge in [-0.3, -0.25) is 4.79 Å². The molecule has 2 aromatic carbocycles. The van der Waals surface area contributed by atoms with Gasteiger partial charge >= 0.3 is 0 Å². The number of carbonyl (C=O) groups excluding carboxylic acids is 1. The van der Waals surface area contributed by atoms with Gasteiger partial charge in [0, 0.05) is 22.7 Å². The van der Waals surface area contributed by atoms with Gasteiger partial charge in [0.2, 0.25) is 5.91 Å². The van der Waals surface area contributed by atoms with Gasteiger partial charge < -0.3 is 15.8 Å². The van der Waals surface area contributed by atoms with Crippen LogP contribution in [-0.4, -0.2) is 16.0 Å². The largest absolute Gasteiger partial charge is 0.508 e. The van der Waals surface area contributed by atoms with E-state index in [2.05, 4.69) is 4.98 Å². The van der Waals surface area contributed by atoms with Crippen molar-refractivity contribution in [2.75, 3.05) is 0 Å². The molecule has 4 N–H and O–H groups in total. The minimum absolute atomic E-state index is 0.0882. The molecule has 3 aromatic rings. The SMILES string of the molecule is Cc1ccc(C(C(N)=O)c2c[nH]c3cc(C)ccc23)c(O)c1. The average molecular weight is 294 g/mol. The van der Waals surface area contributed by atoms with Crippen molar-refractivity contribution in [3.8, 4) is 5.75 Å². The third-order valence-electron chi connectivity index (χ3n) is 3.96. The van der Waals surface area contributed by atoms with Crippen molar-refractivity contribution in [1.29, 1.82) is 0 Å². The standard InChI is InChI=1S/C18H18N2O2/c1-10-3-5-12-14(9-20-15(12)7-10)17(18(19)22)13-6-4-11(2)8-16(13)21/h3-9,17,20-21H,1-2H3,(H2,19,22). The molecule has 4 nitrogen and oxygen atoms in total. The van der Waals surface area contributed by atoms with E-state index in [9.17, 15) is 9.90 Å². The summed E-state index contributed by atoms with van der Waals surface area (Å²) in [5, 5.41) is 11.1. The highest BCUT2D eigenvalue weighted by Gasteiger charge is 2.25. The lowest BCUT2D eigenvalue weighted by atomic mass is 9.89. The van der Waals surface area contributed by atoms with Gasteiger partial charge in [0.1, 0.15) is 5.75 Å². The minimum atomic E-state index is -0.683. The zero-order valence-electron chi connectivity index (χ0n) is 12.6. The van der Waals surface area contributed by atoms with Crippen molar-refractivity contribution in [1.82, 2.24) is 4.98 Å². The summed E-state index contributed by atoms with van der Waals surface area (Å²) in [4.78, 5) is 15.2. The number of rotatable bonds is 3. The highest BCUT2D eigenvalue weighted by molar-refractivity contribution is 5.94. The molecule has 1 heterocycles. The summed E-state index contributed by atoms with van der Waals surface area (Å²) in [6.45, 7) is 3.90. The van der Waals surface area contributed by atoms with Crippen LogP contribution in [0.15, 0.2) is 42.6 Å². The fraction of sp³-hybridized carbons (Fsp3) is 0.167. The molecular formula is C18H18N2O2. The Bertz CT molecular complexity index is 865. The normalized spacial score (nSPS) is 12.5. The first kappa shape index (κ1) is 14.2. The van der Waals surface area contributed by atoms with E-state index in [1.807, 2.05) is 38.1 Å². The zero-order chi connectivity index (χ0) is 15.9. The molecule has 0 fully saturated rings. The van der Waals surface area contributed by atoms with Gasteiger partial charge in [-0.15, -0.1) is 0 Å². The fourth-order valence-electron chi connectivity index (χ4n) is 2.87. The fourth-order valence-corrected chi connectivity index (χ4v) is 2.87. The summed E-state index contributed by atoms with van der Waals surface area (Å²) < 4.78 is 0. The number of nitrogens with one attached hydrogen (secondary N) is 1. The molecule has 112 valence electrons. The highest BCUT2D eigenvalue weighted by atomic mass is 16.3. The first-order valence-electron chi connectivity index (χ1n) is 7.14. The van der Waals surface area contributed by atoms with Crippen LogP contribution < -0.4 is 5.73 Å². The summed E-state index contributed by atoms with van der Waals surface area (Å²) in [5.41, 5.74) is 9.95. The number of carbonyl (C=O) groups is 1. The molecule has 1 unspecified atom stereocenters. The van der Waals surface area contributed by atoms with Gasteiger partial charge in [-0.05, 0) is 42.7 Å². The van der Waals surface area contributed by atoms with E-state index in [1.54, 1.807) is 18.3 Å². The maximum absolute atomic E-state index is 12.0. The van der Waals surface area contributed by atoms with E-state index >= 15 is 0 Å². The number of nitrogens with two attached hydrogens (primary N) is 1. The summed E-state index contributed by atoms with van der Waals surface area (Å²) in [5.74, 6) is -1.08. The lowest BCUT2D eigenvalue weighted by molar-refractivity contribution is -0.118. The monoisotopic (exact) mass is 294 g/mol. The van der Waals surface area contributed by atoms with Crippen molar-refractivity contribution in [3.63, 3.8) is 0 Å². The van der Waals surface area contributed by atoms with Crippen molar-refractivity contribution < 1.29 is 9.90 Å². The van der Waals surface area contributed by atoms with E-state index in [0.29, 0.717) is 5.56 Å². The third-order valence-corrected chi connectivity index (χ3v) is 3.96. The predicted octanol–water partition coefficient (Wildman–Crippen LogP) is 3.11.